The van der Waals surface area contributed by atoms with Crippen LogP contribution in [0.1, 0.15) is 42.4 Å². The van der Waals surface area contributed by atoms with E-state index in [1.807, 2.05) is 61.7 Å². The Labute approximate surface area is 170 Å². The van der Waals surface area contributed by atoms with E-state index in [4.69, 9.17) is 4.74 Å². The molecule has 0 aliphatic rings. The lowest BCUT2D eigenvalue weighted by Gasteiger charge is -2.16. The quantitative estimate of drug-likeness (QED) is 0.622. The number of ether oxygens (including phenoxy) is 1. The zero-order valence-corrected chi connectivity index (χ0v) is 17.4. The molecule has 6 heteroatoms. The second-order valence-electron chi connectivity index (χ2n) is 7.25. The van der Waals surface area contributed by atoms with Crippen molar-refractivity contribution in [3.05, 3.63) is 65.0 Å². The molecule has 2 aromatic carbocycles. The van der Waals surface area contributed by atoms with E-state index >= 15 is 0 Å². The number of hydrogen-bond donors (Lipinski definition) is 1. The van der Waals surface area contributed by atoms with Crippen molar-refractivity contribution in [2.75, 3.05) is 6.61 Å². The van der Waals surface area contributed by atoms with Gasteiger partial charge in [-0.25, -0.2) is 4.98 Å². The van der Waals surface area contributed by atoms with Crippen molar-refractivity contribution < 1.29 is 14.3 Å². The van der Waals surface area contributed by atoms with Crippen LogP contribution in [0, 0.1) is 13.8 Å². The van der Waals surface area contributed by atoms with Crippen molar-refractivity contribution in [3.63, 3.8) is 0 Å². The number of aryl methyl sites for hydroxylation is 3. The third kappa shape index (κ3) is 4.83. The van der Waals surface area contributed by atoms with E-state index in [1.54, 1.807) is 0 Å². The van der Waals surface area contributed by atoms with Crippen LogP contribution in [0.5, 0.6) is 0 Å². The molecule has 0 spiro atoms. The van der Waals surface area contributed by atoms with E-state index in [0.717, 1.165) is 22.4 Å². The highest BCUT2D eigenvalue weighted by molar-refractivity contribution is 5.82. The number of para-hydroxylation sites is 2. The summed E-state index contributed by atoms with van der Waals surface area (Å²) in [5.74, 6) is 0.0306. The van der Waals surface area contributed by atoms with Gasteiger partial charge in [-0.2, -0.15) is 0 Å². The molecule has 0 radical (unpaired) electrons. The fourth-order valence-electron chi connectivity index (χ4n) is 3.29. The summed E-state index contributed by atoms with van der Waals surface area (Å²) in [6, 6.07) is 13.6. The van der Waals surface area contributed by atoms with Crippen LogP contribution < -0.4 is 5.32 Å². The lowest BCUT2D eigenvalue weighted by atomic mass is 10.0. The molecular weight excluding hydrogens is 366 g/mol. The third-order valence-corrected chi connectivity index (χ3v) is 5.11. The Hall–Kier alpha value is -3.15. The molecule has 0 aliphatic heterocycles. The molecular formula is C23H27N3O3. The van der Waals surface area contributed by atoms with Crippen LogP contribution >= 0.6 is 0 Å². The van der Waals surface area contributed by atoms with Crippen LogP contribution in [0.25, 0.3) is 11.0 Å². The molecule has 0 fully saturated rings. The topological polar surface area (TPSA) is 73.2 Å². The van der Waals surface area contributed by atoms with Gasteiger partial charge in [-0.05, 0) is 49.6 Å². The molecule has 152 valence electrons. The number of carbonyl (C=O) groups excluding carboxylic acids is 2. The Morgan fingerprint density at radius 1 is 1.14 bits per heavy atom. The highest BCUT2D eigenvalue weighted by Crippen LogP contribution is 2.17. The van der Waals surface area contributed by atoms with Gasteiger partial charge in [-0.3, -0.25) is 9.59 Å². The van der Waals surface area contributed by atoms with Crippen molar-refractivity contribution in [3.8, 4) is 0 Å². The molecule has 0 bridgehead atoms. The third-order valence-electron chi connectivity index (χ3n) is 5.11. The van der Waals surface area contributed by atoms with E-state index in [-0.39, 0.29) is 25.1 Å². The number of benzene rings is 2. The molecule has 1 unspecified atom stereocenters. The largest absolute Gasteiger partial charge is 0.454 e. The van der Waals surface area contributed by atoms with Gasteiger partial charge in [0.15, 0.2) is 6.61 Å². The van der Waals surface area contributed by atoms with Gasteiger partial charge in [0.2, 0.25) is 0 Å². The number of aromatic nitrogens is 2. The second kappa shape index (κ2) is 8.90. The first-order valence-electron chi connectivity index (χ1n) is 9.85. The maximum atomic E-state index is 12.3. The highest BCUT2D eigenvalue weighted by atomic mass is 16.5. The number of nitrogens with zero attached hydrogens (tertiary/aromatic N) is 2. The minimum Gasteiger partial charge on any atom is -0.454 e. The summed E-state index contributed by atoms with van der Waals surface area (Å²) < 4.78 is 7.05. The predicted molar refractivity (Wildman–Crippen MR) is 113 cm³/mol. The SMILES string of the molecule is CCc1nc2ccccc2n1CC(=O)OCC(=O)NC(C)c1ccc(C)c(C)c1. The molecule has 0 saturated heterocycles. The number of imidazole rings is 1. The standard InChI is InChI=1S/C23H27N3O3/c1-5-21-25-19-8-6-7-9-20(19)26(21)13-23(28)29-14-22(27)24-17(4)18-11-10-15(2)16(3)12-18/h6-12,17H,5,13-14H2,1-4H3,(H,24,27). The van der Waals surface area contributed by atoms with Crippen LogP contribution in [0.15, 0.2) is 42.5 Å². The maximum Gasteiger partial charge on any atom is 0.326 e. The lowest BCUT2D eigenvalue weighted by Crippen LogP contribution is -2.31. The number of carbonyl (C=O) groups is 2. The monoisotopic (exact) mass is 393 g/mol. The fraction of sp³-hybridized carbons (Fsp3) is 0.348. The number of rotatable bonds is 7. The molecule has 1 heterocycles. The average molecular weight is 393 g/mol. The highest BCUT2D eigenvalue weighted by Gasteiger charge is 2.16. The Morgan fingerprint density at radius 2 is 1.90 bits per heavy atom. The van der Waals surface area contributed by atoms with Gasteiger partial charge in [0.25, 0.3) is 5.91 Å². The molecule has 29 heavy (non-hydrogen) atoms. The van der Waals surface area contributed by atoms with E-state index in [0.29, 0.717) is 6.42 Å². The maximum absolute atomic E-state index is 12.3. The van der Waals surface area contributed by atoms with Gasteiger partial charge >= 0.3 is 5.97 Å². The predicted octanol–water partition coefficient (Wildman–Crippen LogP) is 3.64. The minimum atomic E-state index is -0.461. The second-order valence-corrected chi connectivity index (χ2v) is 7.25. The van der Waals surface area contributed by atoms with Gasteiger partial charge in [-0.15, -0.1) is 0 Å². The average Bonchev–Trinajstić information content (AvgIpc) is 3.06. The van der Waals surface area contributed by atoms with Crippen molar-refractivity contribution in [1.29, 1.82) is 0 Å². The van der Waals surface area contributed by atoms with Gasteiger partial charge in [0.1, 0.15) is 12.4 Å². The zero-order valence-electron chi connectivity index (χ0n) is 17.4. The smallest absolute Gasteiger partial charge is 0.326 e. The summed E-state index contributed by atoms with van der Waals surface area (Å²) in [6.07, 6.45) is 0.704. The first-order valence-corrected chi connectivity index (χ1v) is 9.85. The Kier molecular flexibility index (Phi) is 6.32. The summed E-state index contributed by atoms with van der Waals surface area (Å²) in [6.45, 7) is 7.72. The number of amides is 1. The Morgan fingerprint density at radius 3 is 2.62 bits per heavy atom. The Bertz CT molecular complexity index is 1040. The van der Waals surface area contributed by atoms with Crippen molar-refractivity contribution in [1.82, 2.24) is 14.9 Å². The summed E-state index contributed by atoms with van der Waals surface area (Å²) in [4.78, 5) is 29.1. The first-order chi connectivity index (χ1) is 13.9. The molecule has 6 nitrogen and oxygen atoms in total. The van der Waals surface area contributed by atoms with Crippen molar-refractivity contribution in [2.24, 2.45) is 0 Å². The van der Waals surface area contributed by atoms with Crippen LogP contribution in [0.4, 0.5) is 0 Å². The molecule has 1 amide bonds. The molecule has 3 rings (SSSR count). The lowest BCUT2D eigenvalue weighted by molar-refractivity contribution is -0.149. The van der Waals surface area contributed by atoms with Gasteiger partial charge in [0, 0.05) is 6.42 Å². The Balaban J connectivity index is 1.56. The van der Waals surface area contributed by atoms with E-state index in [1.165, 1.54) is 11.1 Å². The van der Waals surface area contributed by atoms with Crippen LogP contribution in [-0.4, -0.2) is 28.0 Å². The fourth-order valence-corrected chi connectivity index (χ4v) is 3.29. The molecule has 1 atom stereocenters. The van der Waals surface area contributed by atoms with Crippen molar-refractivity contribution in [2.45, 2.75) is 46.7 Å². The molecule has 1 N–H and O–H groups in total. The summed E-state index contributed by atoms with van der Waals surface area (Å²) in [5, 5.41) is 2.87. The van der Waals surface area contributed by atoms with E-state index in [2.05, 4.69) is 23.3 Å². The molecule has 1 aromatic heterocycles. The van der Waals surface area contributed by atoms with Gasteiger partial charge < -0.3 is 14.6 Å². The molecule has 3 aromatic rings. The molecule has 0 saturated carbocycles. The summed E-state index contributed by atoms with van der Waals surface area (Å²) in [7, 11) is 0. The van der Waals surface area contributed by atoms with E-state index < -0.39 is 5.97 Å². The van der Waals surface area contributed by atoms with Crippen molar-refractivity contribution >= 4 is 22.9 Å². The van der Waals surface area contributed by atoms with Gasteiger partial charge in [-0.1, -0.05) is 37.3 Å². The zero-order chi connectivity index (χ0) is 21.0. The van der Waals surface area contributed by atoms with Crippen LogP contribution in [-0.2, 0) is 27.3 Å². The first kappa shape index (κ1) is 20.6. The number of fused-ring (bicyclic) bond motifs is 1. The van der Waals surface area contributed by atoms with Gasteiger partial charge in [0.05, 0.1) is 17.1 Å². The number of nitrogens with one attached hydrogen (secondary N) is 1. The number of esters is 1. The number of hydrogen-bond acceptors (Lipinski definition) is 4. The summed E-state index contributed by atoms with van der Waals surface area (Å²) in [5.41, 5.74) is 5.13. The minimum absolute atomic E-state index is 0.0314. The van der Waals surface area contributed by atoms with Crippen LogP contribution in [0.2, 0.25) is 0 Å². The molecule has 0 aliphatic carbocycles. The normalized spacial score (nSPS) is 12.0. The van der Waals surface area contributed by atoms with E-state index in [9.17, 15) is 9.59 Å². The van der Waals surface area contributed by atoms with Crippen LogP contribution in [0.3, 0.4) is 0 Å². The summed E-state index contributed by atoms with van der Waals surface area (Å²) >= 11 is 0.